The first kappa shape index (κ1) is 17.0. The predicted octanol–water partition coefficient (Wildman–Crippen LogP) is 1.65. The van der Waals surface area contributed by atoms with E-state index in [-0.39, 0.29) is 29.7 Å². The van der Waals surface area contributed by atoms with Crippen molar-refractivity contribution in [3.05, 3.63) is 35.8 Å². The van der Waals surface area contributed by atoms with Gasteiger partial charge in [0, 0.05) is 24.7 Å². The van der Waals surface area contributed by atoms with Gasteiger partial charge in [0.1, 0.15) is 11.9 Å². The highest BCUT2D eigenvalue weighted by molar-refractivity contribution is 6.05. The van der Waals surface area contributed by atoms with Crippen LogP contribution in [0, 0.1) is 17.7 Å². The molecule has 1 aliphatic heterocycles. The summed E-state index contributed by atoms with van der Waals surface area (Å²) < 4.78 is 13.8. The Morgan fingerprint density at radius 1 is 1.35 bits per heavy atom. The van der Waals surface area contributed by atoms with Gasteiger partial charge in [0.2, 0.25) is 5.91 Å². The van der Waals surface area contributed by atoms with Gasteiger partial charge < -0.3 is 20.3 Å². The topological polar surface area (TPSA) is 85.4 Å². The van der Waals surface area contributed by atoms with Crippen molar-refractivity contribution in [3.8, 4) is 0 Å². The van der Waals surface area contributed by atoms with E-state index in [0.717, 1.165) is 12.8 Å². The van der Waals surface area contributed by atoms with Crippen LogP contribution in [0.1, 0.15) is 30.1 Å². The Bertz CT molecular complexity index is 861. The number of aromatic amines is 1. The summed E-state index contributed by atoms with van der Waals surface area (Å²) in [6, 6.07) is 4.14. The van der Waals surface area contributed by atoms with Crippen molar-refractivity contribution in [3.63, 3.8) is 0 Å². The second kappa shape index (κ2) is 6.39. The highest BCUT2D eigenvalue weighted by Crippen LogP contribution is 2.33. The minimum Gasteiger partial charge on any atom is -0.383 e. The number of amides is 2. The number of hydrogen-bond donors (Lipinski definition) is 3. The molecule has 7 heteroatoms. The Kier molecular flexibility index (Phi) is 4.19. The van der Waals surface area contributed by atoms with Gasteiger partial charge in [-0.15, -0.1) is 0 Å². The molecule has 3 atom stereocenters. The van der Waals surface area contributed by atoms with Gasteiger partial charge in [0.25, 0.3) is 5.91 Å². The maximum Gasteiger partial charge on any atom is 0.256 e. The Morgan fingerprint density at radius 3 is 2.85 bits per heavy atom. The molecular weight excluding hydrogens is 337 g/mol. The molecule has 1 aliphatic carbocycles. The quantitative estimate of drug-likeness (QED) is 0.776. The highest BCUT2D eigenvalue weighted by Gasteiger charge is 2.39. The number of rotatable bonds is 4. The number of hydrogen-bond acceptors (Lipinski definition) is 3. The van der Waals surface area contributed by atoms with E-state index in [1.54, 1.807) is 17.2 Å². The number of nitrogens with zero attached hydrogens (tertiary/aromatic N) is 1. The minimum atomic E-state index is -0.964. The van der Waals surface area contributed by atoms with Crippen LogP contribution in [-0.2, 0) is 4.79 Å². The third-order valence-corrected chi connectivity index (χ3v) is 5.42. The lowest BCUT2D eigenvalue weighted by atomic mass is 10.1. The zero-order valence-electron chi connectivity index (χ0n) is 14.5. The van der Waals surface area contributed by atoms with Crippen molar-refractivity contribution in [2.75, 3.05) is 13.1 Å². The average Bonchev–Trinajstić information content (AvgIpc) is 3.25. The van der Waals surface area contributed by atoms with Gasteiger partial charge in [0.05, 0.1) is 17.1 Å². The number of halogens is 1. The van der Waals surface area contributed by atoms with Crippen LogP contribution in [0.2, 0.25) is 0 Å². The lowest BCUT2D eigenvalue weighted by Crippen LogP contribution is -2.45. The molecule has 2 aliphatic rings. The molecule has 1 saturated heterocycles. The summed E-state index contributed by atoms with van der Waals surface area (Å²) in [5.74, 6) is -0.954. The first-order valence-electron chi connectivity index (χ1n) is 8.98. The third-order valence-electron chi connectivity index (χ3n) is 5.42. The molecule has 2 aromatic rings. The van der Waals surface area contributed by atoms with Crippen LogP contribution in [0.25, 0.3) is 10.9 Å². The molecule has 6 nitrogen and oxygen atoms in total. The number of aliphatic hydroxyl groups is 1. The Morgan fingerprint density at radius 2 is 2.12 bits per heavy atom. The second-order valence-electron chi connectivity index (χ2n) is 7.48. The summed E-state index contributed by atoms with van der Waals surface area (Å²) in [7, 11) is 0. The number of benzene rings is 1. The first-order chi connectivity index (χ1) is 12.4. The lowest BCUT2D eigenvalue weighted by molar-refractivity contribution is -0.131. The van der Waals surface area contributed by atoms with Crippen LogP contribution >= 0.6 is 0 Å². The standard InChI is InChI=1S/C19H22FN3O3/c1-10-8-23(9-15(10)22-18(25)17(24)11-2-3-11)19(26)14-7-13(20)6-12-4-5-21-16(12)14/h4-7,10-11,15,17,21,24H,2-3,8-9H2,1H3,(H,22,25). The summed E-state index contributed by atoms with van der Waals surface area (Å²) in [6.07, 6.45) is 2.47. The van der Waals surface area contributed by atoms with Crippen molar-refractivity contribution in [1.82, 2.24) is 15.2 Å². The van der Waals surface area contributed by atoms with E-state index >= 15 is 0 Å². The average molecular weight is 359 g/mol. The van der Waals surface area contributed by atoms with Crippen LogP contribution in [-0.4, -0.2) is 52.0 Å². The van der Waals surface area contributed by atoms with Crippen LogP contribution < -0.4 is 5.32 Å². The van der Waals surface area contributed by atoms with E-state index in [0.29, 0.717) is 29.6 Å². The fourth-order valence-electron chi connectivity index (χ4n) is 3.69. The van der Waals surface area contributed by atoms with E-state index in [1.807, 2.05) is 6.92 Å². The SMILES string of the molecule is CC1CN(C(=O)c2cc(F)cc3cc[nH]c23)CC1NC(=O)C(O)C1CC1. The fraction of sp³-hybridized carbons (Fsp3) is 0.474. The first-order valence-corrected chi connectivity index (χ1v) is 8.98. The lowest BCUT2D eigenvalue weighted by Gasteiger charge is -2.19. The van der Waals surface area contributed by atoms with Crippen LogP contribution in [0.4, 0.5) is 4.39 Å². The third kappa shape index (κ3) is 3.07. The van der Waals surface area contributed by atoms with Gasteiger partial charge in [-0.3, -0.25) is 9.59 Å². The Hall–Kier alpha value is -2.41. The number of aliphatic hydroxyl groups excluding tert-OH is 1. The number of carbonyl (C=O) groups is 2. The van der Waals surface area contributed by atoms with E-state index in [9.17, 15) is 19.1 Å². The molecule has 3 N–H and O–H groups in total. The molecule has 3 unspecified atom stereocenters. The number of aromatic nitrogens is 1. The fourth-order valence-corrected chi connectivity index (χ4v) is 3.69. The maximum atomic E-state index is 13.8. The van der Waals surface area contributed by atoms with Crippen molar-refractivity contribution >= 4 is 22.7 Å². The molecular formula is C19H22FN3O3. The van der Waals surface area contributed by atoms with Gasteiger partial charge >= 0.3 is 0 Å². The summed E-state index contributed by atoms with van der Waals surface area (Å²) in [5, 5.41) is 13.5. The summed E-state index contributed by atoms with van der Waals surface area (Å²) in [4.78, 5) is 29.7. The molecule has 1 aromatic heterocycles. The Balaban J connectivity index is 1.49. The summed E-state index contributed by atoms with van der Waals surface area (Å²) >= 11 is 0. The summed E-state index contributed by atoms with van der Waals surface area (Å²) in [6.45, 7) is 2.78. The molecule has 138 valence electrons. The normalized spacial score (nSPS) is 24.0. The highest BCUT2D eigenvalue weighted by atomic mass is 19.1. The number of nitrogens with one attached hydrogen (secondary N) is 2. The zero-order valence-corrected chi connectivity index (χ0v) is 14.5. The maximum absolute atomic E-state index is 13.8. The molecule has 0 bridgehead atoms. The number of likely N-dealkylation sites (tertiary alicyclic amines) is 1. The predicted molar refractivity (Wildman–Crippen MR) is 94.0 cm³/mol. The molecule has 2 heterocycles. The largest absolute Gasteiger partial charge is 0.383 e. The van der Waals surface area contributed by atoms with Gasteiger partial charge in [-0.05, 0) is 42.9 Å². The van der Waals surface area contributed by atoms with Crippen LogP contribution in [0.5, 0.6) is 0 Å². The van der Waals surface area contributed by atoms with Crippen LogP contribution in [0.3, 0.4) is 0 Å². The monoisotopic (exact) mass is 359 g/mol. The molecule has 2 fully saturated rings. The van der Waals surface area contributed by atoms with E-state index < -0.39 is 11.9 Å². The van der Waals surface area contributed by atoms with E-state index in [2.05, 4.69) is 10.3 Å². The zero-order chi connectivity index (χ0) is 18.4. The minimum absolute atomic E-state index is 0.0574. The molecule has 2 amide bonds. The van der Waals surface area contributed by atoms with Crippen LogP contribution in [0.15, 0.2) is 24.4 Å². The molecule has 4 rings (SSSR count). The van der Waals surface area contributed by atoms with Gasteiger partial charge in [-0.2, -0.15) is 0 Å². The van der Waals surface area contributed by atoms with Crippen molar-refractivity contribution in [2.24, 2.45) is 11.8 Å². The number of fused-ring (bicyclic) bond motifs is 1. The molecule has 0 radical (unpaired) electrons. The van der Waals surface area contributed by atoms with E-state index in [4.69, 9.17) is 0 Å². The van der Waals surface area contributed by atoms with Gasteiger partial charge in [0.15, 0.2) is 0 Å². The number of carbonyl (C=O) groups excluding carboxylic acids is 2. The van der Waals surface area contributed by atoms with Gasteiger partial charge in [-0.25, -0.2) is 4.39 Å². The molecule has 26 heavy (non-hydrogen) atoms. The van der Waals surface area contributed by atoms with Crippen molar-refractivity contribution in [2.45, 2.75) is 31.9 Å². The second-order valence-corrected chi connectivity index (χ2v) is 7.48. The summed E-state index contributed by atoms with van der Waals surface area (Å²) in [5.41, 5.74) is 0.905. The molecule has 1 aromatic carbocycles. The molecule has 0 spiro atoms. The Labute approximate surface area is 150 Å². The van der Waals surface area contributed by atoms with Crippen molar-refractivity contribution in [1.29, 1.82) is 0 Å². The van der Waals surface area contributed by atoms with Gasteiger partial charge in [-0.1, -0.05) is 6.92 Å². The van der Waals surface area contributed by atoms with E-state index in [1.165, 1.54) is 12.1 Å². The molecule has 1 saturated carbocycles. The van der Waals surface area contributed by atoms with Crippen molar-refractivity contribution < 1.29 is 19.1 Å². The smallest absolute Gasteiger partial charge is 0.256 e. The number of H-pyrrole nitrogens is 1.